The number of amides is 1. The molecule has 0 spiro atoms. The van der Waals surface area contributed by atoms with Crippen LogP contribution in [0.2, 0.25) is 0 Å². The number of hydrogen-bond donors (Lipinski definition) is 1. The lowest BCUT2D eigenvalue weighted by molar-refractivity contribution is -0.120. The lowest BCUT2D eigenvalue weighted by Crippen LogP contribution is -2.25. The first-order valence-corrected chi connectivity index (χ1v) is 4.49. The van der Waals surface area contributed by atoms with Gasteiger partial charge in [-0.3, -0.25) is 9.59 Å². The predicted octanol–water partition coefficient (Wildman–Crippen LogP) is -0.144. The van der Waals surface area contributed by atoms with Crippen molar-refractivity contribution in [2.75, 3.05) is 7.05 Å². The van der Waals surface area contributed by atoms with E-state index in [2.05, 4.69) is 5.32 Å². The predicted molar refractivity (Wildman–Crippen MR) is 54.1 cm³/mol. The van der Waals surface area contributed by atoms with Gasteiger partial charge < -0.3 is 9.88 Å². The summed E-state index contributed by atoms with van der Waals surface area (Å²) in [4.78, 5) is 22.5. The number of nitrogens with zero attached hydrogens (tertiary/aromatic N) is 2. The number of aryl methyl sites for hydroxylation is 1. The van der Waals surface area contributed by atoms with Crippen molar-refractivity contribution < 1.29 is 4.79 Å². The molecular formula is C10H11N3O2. The Bertz CT molecular complexity index is 456. The highest BCUT2D eigenvalue weighted by atomic mass is 16.1. The zero-order valence-corrected chi connectivity index (χ0v) is 8.36. The molecular weight excluding hydrogens is 194 g/mol. The van der Waals surface area contributed by atoms with Crippen LogP contribution in [0.25, 0.3) is 0 Å². The molecule has 0 saturated carbocycles. The molecule has 0 fully saturated rings. The Balaban J connectivity index is 2.84. The Hall–Kier alpha value is -2.09. The van der Waals surface area contributed by atoms with Gasteiger partial charge in [0, 0.05) is 26.2 Å². The van der Waals surface area contributed by atoms with Gasteiger partial charge in [-0.25, -0.2) is 0 Å². The molecule has 78 valence electrons. The van der Waals surface area contributed by atoms with Gasteiger partial charge in [-0.1, -0.05) is 0 Å². The molecule has 0 aliphatic carbocycles. The Morgan fingerprint density at radius 2 is 2.40 bits per heavy atom. The van der Waals surface area contributed by atoms with Gasteiger partial charge in [0.1, 0.15) is 11.6 Å². The van der Waals surface area contributed by atoms with E-state index in [0.717, 1.165) is 0 Å². The van der Waals surface area contributed by atoms with Crippen LogP contribution in [0.1, 0.15) is 12.0 Å². The van der Waals surface area contributed by atoms with E-state index in [9.17, 15) is 9.59 Å². The fourth-order valence-corrected chi connectivity index (χ4v) is 1.15. The van der Waals surface area contributed by atoms with E-state index in [0.29, 0.717) is 0 Å². The summed E-state index contributed by atoms with van der Waals surface area (Å²) in [6.45, 7) is 0.286. The molecule has 0 aliphatic rings. The molecule has 1 rings (SSSR count). The minimum Gasteiger partial charge on any atom is -0.359 e. The number of nitriles is 1. The van der Waals surface area contributed by atoms with Gasteiger partial charge >= 0.3 is 0 Å². The Morgan fingerprint density at radius 3 is 3.00 bits per heavy atom. The summed E-state index contributed by atoms with van der Waals surface area (Å²) < 4.78 is 1.35. The zero-order valence-electron chi connectivity index (χ0n) is 8.36. The van der Waals surface area contributed by atoms with Crippen LogP contribution in [0.4, 0.5) is 0 Å². The average Bonchev–Trinajstić information content (AvgIpc) is 2.27. The van der Waals surface area contributed by atoms with Crippen molar-refractivity contribution in [3.8, 4) is 6.07 Å². The molecule has 1 aromatic rings. The maximum atomic E-state index is 11.5. The third kappa shape index (κ3) is 2.68. The van der Waals surface area contributed by atoms with Crippen molar-refractivity contribution in [3.05, 3.63) is 34.2 Å². The van der Waals surface area contributed by atoms with Gasteiger partial charge in [-0.2, -0.15) is 5.26 Å². The summed E-state index contributed by atoms with van der Waals surface area (Å²) in [5, 5.41) is 11.1. The van der Waals surface area contributed by atoms with Crippen molar-refractivity contribution in [2.24, 2.45) is 0 Å². The summed E-state index contributed by atoms with van der Waals surface area (Å²) in [6, 6.07) is 4.88. The van der Waals surface area contributed by atoms with E-state index in [1.807, 2.05) is 0 Å². The van der Waals surface area contributed by atoms with Crippen molar-refractivity contribution in [1.82, 2.24) is 9.88 Å². The smallest absolute Gasteiger partial charge is 0.268 e. The van der Waals surface area contributed by atoms with Crippen LogP contribution in [0.5, 0.6) is 0 Å². The summed E-state index contributed by atoms with van der Waals surface area (Å²) >= 11 is 0. The number of rotatable bonds is 3. The average molecular weight is 205 g/mol. The molecule has 0 saturated heterocycles. The second kappa shape index (κ2) is 4.96. The lowest BCUT2D eigenvalue weighted by Gasteiger charge is -2.04. The standard InChI is InChI=1S/C10H11N3O2/c1-12-9(14)4-6-13-5-2-3-8(7-11)10(13)15/h2-3,5H,4,6H2,1H3,(H,12,14). The molecule has 1 aromatic heterocycles. The molecule has 1 heterocycles. The minimum atomic E-state index is -0.357. The molecule has 0 unspecified atom stereocenters. The van der Waals surface area contributed by atoms with Crippen LogP contribution >= 0.6 is 0 Å². The quantitative estimate of drug-likeness (QED) is 0.746. The second-order valence-electron chi connectivity index (χ2n) is 2.96. The van der Waals surface area contributed by atoms with Crippen molar-refractivity contribution in [1.29, 1.82) is 5.26 Å². The summed E-state index contributed by atoms with van der Waals surface area (Å²) in [5.74, 6) is -0.135. The third-order valence-electron chi connectivity index (χ3n) is 2.00. The molecule has 0 aliphatic heterocycles. The van der Waals surface area contributed by atoms with E-state index in [4.69, 9.17) is 5.26 Å². The number of pyridine rings is 1. The lowest BCUT2D eigenvalue weighted by atomic mass is 10.3. The van der Waals surface area contributed by atoms with Crippen molar-refractivity contribution >= 4 is 5.91 Å². The van der Waals surface area contributed by atoms with Crippen LogP contribution in [-0.4, -0.2) is 17.5 Å². The first-order chi connectivity index (χ1) is 7.19. The van der Waals surface area contributed by atoms with Crippen molar-refractivity contribution in [2.45, 2.75) is 13.0 Å². The van der Waals surface area contributed by atoms with Gasteiger partial charge in [-0.15, -0.1) is 0 Å². The van der Waals surface area contributed by atoms with E-state index >= 15 is 0 Å². The number of carbonyl (C=O) groups is 1. The molecule has 5 nitrogen and oxygen atoms in total. The zero-order chi connectivity index (χ0) is 11.3. The summed E-state index contributed by atoms with van der Waals surface area (Å²) in [5.41, 5.74) is -0.265. The molecule has 15 heavy (non-hydrogen) atoms. The third-order valence-corrected chi connectivity index (χ3v) is 2.00. The Kier molecular flexibility index (Phi) is 3.63. The second-order valence-corrected chi connectivity index (χ2v) is 2.96. The van der Waals surface area contributed by atoms with Crippen LogP contribution in [0.3, 0.4) is 0 Å². The van der Waals surface area contributed by atoms with Crippen LogP contribution in [0, 0.1) is 11.3 Å². The van der Waals surface area contributed by atoms with E-state index in [1.54, 1.807) is 18.3 Å². The van der Waals surface area contributed by atoms with Crippen LogP contribution < -0.4 is 10.9 Å². The van der Waals surface area contributed by atoms with Gasteiger partial charge in [0.25, 0.3) is 5.56 Å². The molecule has 0 radical (unpaired) electrons. The molecule has 5 heteroatoms. The normalized spacial score (nSPS) is 9.33. The molecule has 1 N–H and O–H groups in total. The summed E-state index contributed by atoms with van der Waals surface area (Å²) in [6.07, 6.45) is 1.79. The molecule has 0 aromatic carbocycles. The van der Waals surface area contributed by atoms with Gasteiger partial charge in [0.15, 0.2) is 0 Å². The van der Waals surface area contributed by atoms with Crippen LogP contribution in [-0.2, 0) is 11.3 Å². The Morgan fingerprint density at radius 1 is 1.67 bits per heavy atom. The number of nitrogens with one attached hydrogen (secondary N) is 1. The fourth-order valence-electron chi connectivity index (χ4n) is 1.15. The molecule has 1 amide bonds. The monoisotopic (exact) mass is 205 g/mol. The fraction of sp³-hybridized carbons (Fsp3) is 0.300. The number of aromatic nitrogens is 1. The highest BCUT2D eigenvalue weighted by Crippen LogP contribution is 1.91. The van der Waals surface area contributed by atoms with Gasteiger partial charge in [0.05, 0.1) is 0 Å². The SMILES string of the molecule is CNC(=O)CCn1cccc(C#N)c1=O. The van der Waals surface area contributed by atoms with Crippen LogP contribution in [0.15, 0.2) is 23.1 Å². The van der Waals surface area contributed by atoms with Gasteiger partial charge in [0.2, 0.25) is 5.91 Å². The highest BCUT2D eigenvalue weighted by molar-refractivity contribution is 5.75. The van der Waals surface area contributed by atoms with Gasteiger partial charge in [-0.05, 0) is 12.1 Å². The maximum absolute atomic E-state index is 11.5. The Labute approximate surface area is 87.0 Å². The van der Waals surface area contributed by atoms with E-state index in [-0.39, 0.29) is 30.0 Å². The van der Waals surface area contributed by atoms with E-state index in [1.165, 1.54) is 17.7 Å². The molecule has 0 atom stereocenters. The maximum Gasteiger partial charge on any atom is 0.268 e. The first kappa shape index (κ1) is 11.0. The molecule has 0 bridgehead atoms. The first-order valence-electron chi connectivity index (χ1n) is 4.49. The number of carbonyl (C=O) groups excluding carboxylic acids is 1. The van der Waals surface area contributed by atoms with E-state index < -0.39 is 0 Å². The largest absolute Gasteiger partial charge is 0.359 e. The minimum absolute atomic E-state index is 0.0920. The van der Waals surface area contributed by atoms with Crippen molar-refractivity contribution in [3.63, 3.8) is 0 Å². The number of hydrogen-bond acceptors (Lipinski definition) is 3. The summed E-state index contributed by atoms with van der Waals surface area (Å²) in [7, 11) is 1.54. The highest BCUT2D eigenvalue weighted by Gasteiger charge is 2.03. The topological polar surface area (TPSA) is 74.9 Å².